The summed E-state index contributed by atoms with van der Waals surface area (Å²) in [6, 6.07) is 14.9. The Morgan fingerprint density at radius 1 is 1.02 bits per heavy atom. The van der Waals surface area contributed by atoms with E-state index in [1.807, 2.05) is 6.92 Å². The summed E-state index contributed by atoms with van der Waals surface area (Å²) in [7, 11) is -2.41. The molecular formula is C36H32FN5O9S. The number of Topliss-reactive ketones (excluding diaryl/α,β-unsaturated/α-hetero) is 1. The number of halogens is 1. The van der Waals surface area contributed by atoms with Crippen LogP contribution in [0.5, 0.6) is 17.2 Å². The van der Waals surface area contributed by atoms with E-state index in [4.69, 9.17) is 4.74 Å². The molecule has 1 unspecified atom stereocenters. The molecule has 3 heterocycles. The second-order valence-electron chi connectivity index (χ2n) is 12.9. The van der Waals surface area contributed by atoms with Crippen LogP contribution >= 0.6 is 0 Å². The third kappa shape index (κ3) is 6.25. The first-order valence-corrected chi connectivity index (χ1v) is 17.9. The minimum Gasteiger partial charge on any atom is -0.506 e. The van der Waals surface area contributed by atoms with Crippen molar-refractivity contribution in [3.8, 4) is 17.2 Å². The number of benzene rings is 4. The predicted molar refractivity (Wildman–Crippen MR) is 189 cm³/mol. The Labute approximate surface area is 295 Å². The molecule has 268 valence electrons. The Kier molecular flexibility index (Phi) is 8.57. The van der Waals surface area contributed by atoms with E-state index in [-0.39, 0.29) is 48.3 Å². The summed E-state index contributed by atoms with van der Waals surface area (Å²) in [5.74, 6) is -2.85. The molecule has 2 saturated heterocycles. The molecule has 2 fully saturated rings. The van der Waals surface area contributed by atoms with Crippen LogP contribution in [0.4, 0.5) is 15.8 Å². The summed E-state index contributed by atoms with van der Waals surface area (Å²) in [5.41, 5.74) is 1.80. The highest BCUT2D eigenvalue weighted by Crippen LogP contribution is 2.39. The zero-order valence-electron chi connectivity index (χ0n) is 27.9. The van der Waals surface area contributed by atoms with E-state index in [1.54, 1.807) is 43.4 Å². The van der Waals surface area contributed by atoms with Crippen molar-refractivity contribution in [1.82, 2.24) is 14.5 Å². The number of ketones is 1. The number of sulfonamides is 1. The van der Waals surface area contributed by atoms with E-state index in [9.17, 15) is 37.5 Å². The number of aromatic nitrogens is 2. The number of ether oxygens (including phenoxy) is 1. The van der Waals surface area contributed by atoms with Crippen LogP contribution in [0.1, 0.15) is 36.4 Å². The quantitative estimate of drug-likeness (QED) is 0.210. The molecule has 52 heavy (non-hydrogen) atoms. The lowest BCUT2D eigenvalue weighted by Crippen LogP contribution is -2.44. The minimum absolute atomic E-state index is 0.00140. The van der Waals surface area contributed by atoms with Crippen LogP contribution in [-0.2, 0) is 42.7 Å². The fourth-order valence-electron chi connectivity index (χ4n) is 6.65. The normalized spacial score (nSPS) is 17.4. The number of amides is 3. The van der Waals surface area contributed by atoms with E-state index < -0.39 is 63.0 Å². The van der Waals surface area contributed by atoms with Crippen molar-refractivity contribution in [2.45, 2.75) is 38.6 Å². The maximum Gasteiger partial charge on any atom is 0.329 e. The first-order valence-electron chi connectivity index (χ1n) is 16.3. The Morgan fingerprint density at radius 3 is 2.56 bits per heavy atom. The SMILES string of the molecule is Cc1cc(CC(=O)Nc2ccc3c(F)c(N4CC(=O)CCS4(=O)=O)c(O)cc3c2)ccc1Oc1ccc2c(c1)n(C)c(=O)n2C1CCC(=O)NC1=O. The molecule has 0 bridgehead atoms. The number of nitrogens with one attached hydrogen (secondary N) is 2. The molecule has 0 radical (unpaired) electrons. The van der Waals surface area contributed by atoms with Crippen LogP contribution in [0.25, 0.3) is 21.8 Å². The van der Waals surface area contributed by atoms with Gasteiger partial charge in [-0.15, -0.1) is 0 Å². The lowest BCUT2D eigenvalue weighted by Gasteiger charge is -2.28. The number of imidazole rings is 1. The van der Waals surface area contributed by atoms with Crippen molar-refractivity contribution >= 4 is 66.7 Å². The van der Waals surface area contributed by atoms with E-state index in [1.165, 1.54) is 33.4 Å². The maximum absolute atomic E-state index is 15.6. The second kappa shape index (κ2) is 12.9. The molecule has 2 aliphatic rings. The number of piperidine rings is 1. The standard InChI is InChI=1S/C36H32FN5O9S/c1-19-13-20(3-9-30(19)51-24-5-7-26-28(17-24)40(2)36(48)42(26)27-8-10-31(45)39-35(27)47)14-32(46)38-22-4-6-25-21(15-22)16-29(44)34(33(25)37)41-18-23(43)11-12-52(41,49)50/h3-7,9,13,15-17,27,44H,8,10-12,14,18H2,1-2H3,(H,38,46)(H,39,45,47). The third-order valence-corrected chi connectivity index (χ3v) is 11.0. The van der Waals surface area contributed by atoms with Crippen LogP contribution in [0, 0.1) is 12.7 Å². The highest BCUT2D eigenvalue weighted by atomic mass is 32.2. The Bertz CT molecular complexity index is 2540. The summed E-state index contributed by atoms with van der Waals surface area (Å²) in [5, 5.41) is 15.9. The van der Waals surface area contributed by atoms with Crippen molar-refractivity contribution in [2.75, 3.05) is 21.9 Å². The zero-order chi connectivity index (χ0) is 37.1. The van der Waals surface area contributed by atoms with Gasteiger partial charge in [-0.3, -0.25) is 37.9 Å². The van der Waals surface area contributed by atoms with E-state index >= 15 is 4.39 Å². The third-order valence-electron chi connectivity index (χ3n) is 9.27. The van der Waals surface area contributed by atoms with Crippen molar-refractivity contribution in [3.05, 3.63) is 88.1 Å². The van der Waals surface area contributed by atoms with Gasteiger partial charge in [-0.2, -0.15) is 0 Å². The van der Waals surface area contributed by atoms with Gasteiger partial charge in [-0.25, -0.2) is 17.6 Å². The van der Waals surface area contributed by atoms with Crippen molar-refractivity contribution in [3.63, 3.8) is 0 Å². The first-order chi connectivity index (χ1) is 24.7. The molecule has 7 rings (SSSR count). The lowest BCUT2D eigenvalue weighted by molar-refractivity contribution is -0.135. The van der Waals surface area contributed by atoms with Crippen LogP contribution in [0.3, 0.4) is 0 Å². The monoisotopic (exact) mass is 729 g/mol. The van der Waals surface area contributed by atoms with E-state index in [2.05, 4.69) is 10.6 Å². The summed E-state index contributed by atoms with van der Waals surface area (Å²) in [6.45, 7) is 1.24. The maximum atomic E-state index is 15.6. The molecule has 1 atom stereocenters. The molecule has 5 aromatic rings. The van der Waals surface area contributed by atoms with E-state index in [0.29, 0.717) is 38.1 Å². The van der Waals surface area contributed by atoms with Gasteiger partial charge >= 0.3 is 5.69 Å². The van der Waals surface area contributed by atoms with Crippen molar-refractivity contribution in [2.24, 2.45) is 7.05 Å². The molecular weight excluding hydrogens is 697 g/mol. The molecule has 3 N–H and O–H groups in total. The van der Waals surface area contributed by atoms with Gasteiger partial charge in [0.25, 0.3) is 0 Å². The van der Waals surface area contributed by atoms with Crippen LogP contribution in [0.15, 0.2) is 65.5 Å². The number of phenolic OH excluding ortho intramolecular Hbond substituents is 1. The van der Waals surface area contributed by atoms with Crippen molar-refractivity contribution < 1.29 is 41.8 Å². The van der Waals surface area contributed by atoms with Crippen LogP contribution < -0.4 is 25.4 Å². The number of carbonyl (C=O) groups excluding carboxylic acids is 4. The van der Waals surface area contributed by atoms with Gasteiger partial charge in [0.15, 0.2) is 11.6 Å². The summed E-state index contributed by atoms with van der Waals surface area (Å²) in [4.78, 5) is 62.2. The smallest absolute Gasteiger partial charge is 0.329 e. The van der Waals surface area contributed by atoms with Gasteiger partial charge < -0.3 is 15.2 Å². The molecule has 4 aromatic carbocycles. The molecule has 0 aliphatic carbocycles. The Hall–Kier alpha value is -6.03. The van der Waals surface area contributed by atoms with Crippen LogP contribution in [-0.4, -0.2) is 58.5 Å². The Balaban J connectivity index is 1.05. The van der Waals surface area contributed by atoms with Gasteiger partial charge in [-0.1, -0.05) is 12.1 Å². The lowest BCUT2D eigenvalue weighted by atomic mass is 10.1. The minimum atomic E-state index is -4.00. The Morgan fingerprint density at radius 2 is 1.81 bits per heavy atom. The summed E-state index contributed by atoms with van der Waals surface area (Å²) in [6.07, 6.45) is 0.164. The first kappa shape index (κ1) is 34.4. The average molecular weight is 730 g/mol. The number of imide groups is 1. The van der Waals surface area contributed by atoms with Gasteiger partial charge in [0.2, 0.25) is 27.7 Å². The highest BCUT2D eigenvalue weighted by molar-refractivity contribution is 7.92. The second-order valence-corrected chi connectivity index (χ2v) is 14.9. The molecule has 0 spiro atoms. The number of nitrogens with zero attached hydrogens (tertiary/aromatic N) is 3. The largest absolute Gasteiger partial charge is 0.506 e. The topological polar surface area (TPSA) is 186 Å². The zero-order valence-corrected chi connectivity index (χ0v) is 28.8. The number of hydrogen-bond acceptors (Lipinski definition) is 9. The highest BCUT2D eigenvalue weighted by Gasteiger charge is 2.35. The number of phenols is 1. The van der Waals surface area contributed by atoms with Crippen LogP contribution in [0.2, 0.25) is 0 Å². The predicted octanol–water partition coefficient (Wildman–Crippen LogP) is 3.71. The van der Waals surface area contributed by atoms with Gasteiger partial charge in [0.1, 0.15) is 29.0 Å². The molecule has 14 nitrogen and oxygen atoms in total. The number of rotatable bonds is 7. The summed E-state index contributed by atoms with van der Waals surface area (Å²) < 4.78 is 50.2. The van der Waals surface area contributed by atoms with Gasteiger partial charge in [0.05, 0.1) is 29.8 Å². The number of fused-ring (bicyclic) bond motifs is 2. The number of aromatic hydroxyl groups is 1. The fourth-order valence-corrected chi connectivity index (χ4v) is 8.15. The summed E-state index contributed by atoms with van der Waals surface area (Å²) >= 11 is 0. The molecule has 2 aliphatic heterocycles. The number of aryl methyl sites for hydroxylation is 2. The number of carbonyl (C=O) groups is 4. The molecule has 1 aromatic heterocycles. The van der Waals surface area contributed by atoms with Crippen molar-refractivity contribution in [1.29, 1.82) is 0 Å². The fraction of sp³-hybridized carbons (Fsp3) is 0.250. The number of anilines is 2. The molecule has 0 saturated carbocycles. The van der Waals surface area contributed by atoms with Gasteiger partial charge in [0, 0.05) is 37.0 Å². The molecule has 16 heteroatoms. The van der Waals surface area contributed by atoms with E-state index in [0.717, 1.165) is 5.56 Å². The van der Waals surface area contributed by atoms with Gasteiger partial charge in [-0.05, 0) is 72.3 Å². The number of hydrogen-bond donors (Lipinski definition) is 3. The molecule has 3 amide bonds. The average Bonchev–Trinajstić information content (AvgIpc) is 3.32.